The van der Waals surface area contributed by atoms with Gasteiger partial charge in [-0.15, -0.1) is 0 Å². The molecule has 1 aromatic carbocycles. The van der Waals surface area contributed by atoms with E-state index in [0.29, 0.717) is 55.3 Å². The summed E-state index contributed by atoms with van der Waals surface area (Å²) in [5.41, 5.74) is 0.904. The van der Waals surface area contributed by atoms with Crippen molar-refractivity contribution in [3.63, 3.8) is 0 Å². The number of Topliss-reactive ketones (excluding diaryl/α,β-unsaturated/α-hetero) is 1. The highest BCUT2D eigenvalue weighted by atomic mass is 19.1. The Morgan fingerprint density at radius 1 is 0.871 bits per heavy atom. The van der Waals surface area contributed by atoms with Crippen molar-refractivity contribution < 1.29 is 13.9 Å². The Bertz CT molecular complexity index is 924. The second-order valence-corrected chi connectivity index (χ2v) is 8.02. The summed E-state index contributed by atoms with van der Waals surface area (Å²) in [4.78, 5) is 31.4. The molecule has 0 bridgehead atoms. The second-order valence-electron chi connectivity index (χ2n) is 8.02. The van der Waals surface area contributed by atoms with Crippen molar-refractivity contribution in [3.05, 3.63) is 29.6 Å². The average molecular weight is 429 g/mol. The van der Waals surface area contributed by atoms with Crippen molar-refractivity contribution in [2.75, 3.05) is 61.1 Å². The number of ether oxygens (including phenoxy) is 1. The van der Waals surface area contributed by atoms with Crippen LogP contribution >= 0.6 is 0 Å². The Hall–Kier alpha value is -2.97. The lowest BCUT2D eigenvalue weighted by molar-refractivity contribution is 0.101. The summed E-state index contributed by atoms with van der Waals surface area (Å²) >= 11 is 0. The van der Waals surface area contributed by atoms with Gasteiger partial charge >= 0.3 is 6.01 Å². The number of piperazine rings is 1. The van der Waals surface area contributed by atoms with Crippen LogP contribution in [-0.2, 0) is 0 Å². The van der Waals surface area contributed by atoms with E-state index in [2.05, 4.69) is 19.8 Å². The third-order valence-electron chi connectivity index (χ3n) is 5.92. The summed E-state index contributed by atoms with van der Waals surface area (Å²) in [7, 11) is 1.57. The van der Waals surface area contributed by atoms with Gasteiger partial charge in [0.2, 0.25) is 11.9 Å². The first-order valence-corrected chi connectivity index (χ1v) is 10.9. The van der Waals surface area contributed by atoms with E-state index in [-0.39, 0.29) is 11.6 Å². The molecule has 3 heterocycles. The van der Waals surface area contributed by atoms with Crippen molar-refractivity contribution in [3.8, 4) is 6.01 Å². The Kier molecular flexibility index (Phi) is 6.48. The number of aromatic nitrogens is 3. The van der Waals surface area contributed by atoms with Gasteiger partial charge in [0.25, 0.3) is 0 Å². The van der Waals surface area contributed by atoms with Gasteiger partial charge in [0, 0.05) is 44.8 Å². The molecule has 0 saturated carbocycles. The van der Waals surface area contributed by atoms with Crippen LogP contribution in [0, 0.1) is 5.82 Å². The molecule has 0 radical (unpaired) electrons. The molecule has 9 heteroatoms. The molecule has 166 valence electrons. The summed E-state index contributed by atoms with van der Waals surface area (Å²) in [5, 5.41) is 0. The number of rotatable bonds is 5. The fourth-order valence-electron chi connectivity index (χ4n) is 4.11. The second kappa shape index (κ2) is 9.45. The lowest BCUT2D eigenvalue weighted by Crippen LogP contribution is -2.47. The quantitative estimate of drug-likeness (QED) is 0.673. The average Bonchev–Trinajstić information content (AvgIpc) is 3.08. The molecular weight excluding hydrogens is 399 g/mol. The number of hydrogen-bond acceptors (Lipinski definition) is 8. The topological polar surface area (TPSA) is 74.7 Å². The Morgan fingerprint density at radius 2 is 1.45 bits per heavy atom. The highest BCUT2D eigenvalue weighted by molar-refractivity contribution is 5.94. The highest BCUT2D eigenvalue weighted by Crippen LogP contribution is 2.25. The number of anilines is 3. The third-order valence-corrected chi connectivity index (χ3v) is 5.92. The standard InChI is InChI=1S/C22H29FN6O2/c1-16(30)17-7-8-19(18(23)15-17)27-11-13-29(14-12-27)21-24-20(25-22(26-21)31-2)28-9-5-3-4-6-10-28/h7-8,15H,3-6,9-14H2,1-2H3. The summed E-state index contributed by atoms with van der Waals surface area (Å²) in [5.74, 6) is 0.751. The number of carbonyl (C=O) groups excluding carboxylic acids is 1. The first-order valence-electron chi connectivity index (χ1n) is 10.9. The van der Waals surface area contributed by atoms with Gasteiger partial charge in [0.15, 0.2) is 5.78 Å². The van der Waals surface area contributed by atoms with Gasteiger partial charge < -0.3 is 19.4 Å². The van der Waals surface area contributed by atoms with Gasteiger partial charge in [-0.2, -0.15) is 15.0 Å². The highest BCUT2D eigenvalue weighted by Gasteiger charge is 2.24. The zero-order valence-corrected chi connectivity index (χ0v) is 18.2. The fourth-order valence-corrected chi connectivity index (χ4v) is 4.11. The maximum absolute atomic E-state index is 14.5. The van der Waals surface area contributed by atoms with Crippen LogP contribution in [0.3, 0.4) is 0 Å². The van der Waals surface area contributed by atoms with E-state index in [1.807, 2.05) is 4.90 Å². The van der Waals surface area contributed by atoms with E-state index in [0.717, 1.165) is 25.9 Å². The van der Waals surface area contributed by atoms with Crippen molar-refractivity contribution in [2.24, 2.45) is 0 Å². The number of benzene rings is 1. The zero-order chi connectivity index (χ0) is 21.8. The normalized spacial score (nSPS) is 17.5. The van der Waals surface area contributed by atoms with Crippen LogP contribution in [0.5, 0.6) is 6.01 Å². The SMILES string of the molecule is COc1nc(N2CCCCCC2)nc(N2CCN(c3ccc(C(C)=O)cc3F)CC2)n1. The monoisotopic (exact) mass is 428 g/mol. The van der Waals surface area contributed by atoms with E-state index in [1.165, 1.54) is 25.8 Å². The lowest BCUT2D eigenvalue weighted by atomic mass is 10.1. The fraction of sp³-hybridized carbons (Fsp3) is 0.545. The minimum atomic E-state index is -0.369. The predicted octanol–water partition coefficient (Wildman–Crippen LogP) is 2.93. The van der Waals surface area contributed by atoms with Gasteiger partial charge in [-0.25, -0.2) is 4.39 Å². The summed E-state index contributed by atoms with van der Waals surface area (Å²) in [6.07, 6.45) is 4.74. The molecule has 0 spiro atoms. The lowest BCUT2D eigenvalue weighted by Gasteiger charge is -2.36. The Morgan fingerprint density at radius 3 is 2.00 bits per heavy atom. The number of halogens is 1. The van der Waals surface area contributed by atoms with Crippen LogP contribution in [0.2, 0.25) is 0 Å². The molecule has 2 aliphatic heterocycles. The van der Waals surface area contributed by atoms with E-state index in [9.17, 15) is 9.18 Å². The Balaban J connectivity index is 1.48. The van der Waals surface area contributed by atoms with Gasteiger partial charge in [-0.3, -0.25) is 4.79 Å². The zero-order valence-electron chi connectivity index (χ0n) is 18.2. The Labute approximate surface area is 182 Å². The molecule has 2 saturated heterocycles. The molecular formula is C22H29FN6O2. The molecule has 0 N–H and O–H groups in total. The molecule has 2 aromatic rings. The number of methoxy groups -OCH3 is 1. The smallest absolute Gasteiger partial charge is 0.322 e. The number of carbonyl (C=O) groups is 1. The van der Waals surface area contributed by atoms with Gasteiger partial charge in [0.05, 0.1) is 12.8 Å². The van der Waals surface area contributed by atoms with Crippen molar-refractivity contribution in [2.45, 2.75) is 32.6 Å². The van der Waals surface area contributed by atoms with Crippen molar-refractivity contribution >= 4 is 23.4 Å². The molecule has 2 aliphatic rings. The molecule has 0 aliphatic carbocycles. The van der Waals surface area contributed by atoms with E-state index in [1.54, 1.807) is 19.2 Å². The molecule has 0 atom stereocenters. The first kappa shape index (κ1) is 21.3. The largest absolute Gasteiger partial charge is 0.467 e. The van der Waals surface area contributed by atoms with Gasteiger partial charge in [-0.1, -0.05) is 12.8 Å². The summed E-state index contributed by atoms with van der Waals surface area (Å²) < 4.78 is 19.9. The third kappa shape index (κ3) is 4.86. The van der Waals surface area contributed by atoms with E-state index < -0.39 is 0 Å². The predicted molar refractivity (Wildman–Crippen MR) is 118 cm³/mol. The van der Waals surface area contributed by atoms with E-state index in [4.69, 9.17) is 9.72 Å². The van der Waals surface area contributed by atoms with Gasteiger partial charge in [0.1, 0.15) is 5.82 Å². The van der Waals surface area contributed by atoms with Crippen LogP contribution in [0.1, 0.15) is 43.0 Å². The molecule has 4 rings (SSSR count). The molecule has 0 amide bonds. The van der Waals surface area contributed by atoms with Crippen molar-refractivity contribution in [1.82, 2.24) is 15.0 Å². The van der Waals surface area contributed by atoms with Crippen LogP contribution in [0.15, 0.2) is 18.2 Å². The minimum absolute atomic E-state index is 0.140. The maximum Gasteiger partial charge on any atom is 0.322 e. The molecule has 1 aromatic heterocycles. The number of nitrogens with zero attached hydrogens (tertiary/aromatic N) is 6. The van der Waals surface area contributed by atoms with Crippen molar-refractivity contribution in [1.29, 1.82) is 0 Å². The maximum atomic E-state index is 14.5. The first-order chi connectivity index (χ1) is 15.0. The summed E-state index contributed by atoms with van der Waals surface area (Å²) in [6, 6.07) is 4.99. The molecule has 8 nitrogen and oxygen atoms in total. The van der Waals surface area contributed by atoms with E-state index >= 15 is 0 Å². The summed E-state index contributed by atoms with van der Waals surface area (Å²) in [6.45, 7) is 5.88. The van der Waals surface area contributed by atoms with Crippen LogP contribution in [0.25, 0.3) is 0 Å². The van der Waals surface area contributed by atoms with Gasteiger partial charge in [-0.05, 0) is 38.0 Å². The number of hydrogen-bond donors (Lipinski definition) is 0. The number of ketones is 1. The minimum Gasteiger partial charge on any atom is -0.467 e. The van der Waals surface area contributed by atoms with Crippen LogP contribution in [-0.4, -0.2) is 67.1 Å². The van der Waals surface area contributed by atoms with Crippen LogP contribution in [0.4, 0.5) is 22.0 Å². The molecule has 2 fully saturated rings. The molecule has 0 unspecified atom stereocenters. The van der Waals surface area contributed by atoms with Crippen LogP contribution < -0.4 is 19.4 Å². The molecule has 31 heavy (non-hydrogen) atoms.